The van der Waals surface area contributed by atoms with E-state index in [-0.39, 0.29) is 5.91 Å². The van der Waals surface area contributed by atoms with Crippen molar-refractivity contribution in [3.8, 4) is 0 Å². The zero-order valence-electron chi connectivity index (χ0n) is 19.5. The molecular weight excluding hydrogens is 438 g/mol. The molecule has 8 rings (SSSR count). The van der Waals surface area contributed by atoms with Crippen molar-refractivity contribution in [3.05, 3.63) is 77.0 Å². The molecule has 1 amide bonds. The minimum atomic E-state index is 0.0723. The first kappa shape index (κ1) is 20.8. The first-order valence-corrected chi connectivity index (χ1v) is 13.6. The predicted octanol–water partition coefficient (Wildman–Crippen LogP) is 5.86. The lowest BCUT2D eigenvalue weighted by atomic mass is 9.56. The number of thioether (sulfide) groups is 1. The molecule has 174 valence electrons. The van der Waals surface area contributed by atoms with Gasteiger partial charge in [0.05, 0.1) is 6.54 Å². The first-order chi connectivity index (χ1) is 16.6. The molecule has 4 aliphatic carbocycles. The fourth-order valence-corrected chi connectivity index (χ4v) is 9.46. The van der Waals surface area contributed by atoms with Crippen LogP contribution in [0, 0.1) is 17.8 Å². The predicted molar refractivity (Wildman–Crippen MR) is 139 cm³/mol. The highest BCUT2D eigenvalue weighted by molar-refractivity contribution is 8.04. The van der Waals surface area contributed by atoms with E-state index in [4.69, 9.17) is 4.99 Å². The number of amides is 1. The molecule has 0 N–H and O–H groups in total. The van der Waals surface area contributed by atoms with E-state index in [2.05, 4.69) is 59.1 Å². The number of fused-ring (bicyclic) bond motifs is 1. The molecule has 6 aliphatic rings. The van der Waals surface area contributed by atoms with Gasteiger partial charge in [0.15, 0.2) is 0 Å². The third-order valence-electron chi connectivity index (χ3n) is 8.54. The highest BCUT2D eigenvalue weighted by Crippen LogP contribution is 2.62. The molecule has 4 fully saturated rings. The normalized spacial score (nSPS) is 31.8. The summed E-state index contributed by atoms with van der Waals surface area (Å²) in [5.41, 5.74) is 3.00. The molecule has 2 heterocycles. The molecule has 2 aromatic rings. The second-order valence-electron chi connectivity index (χ2n) is 11.1. The Morgan fingerprint density at radius 2 is 1.50 bits per heavy atom. The van der Waals surface area contributed by atoms with Gasteiger partial charge < -0.3 is 4.90 Å². The summed E-state index contributed by atoms with van der Waals surface area (Å²) < 4.78 is 0.350. The van der Waals surface area contributed by atoms with Crippen LogP contribution in [0.5, 0.6) is 0 Å². The van der Waals surface area contributed by atoms with Crippen molar-refractivity contribution >= 4 is 29.1 Å². The molecule has 0 spiro atoms. The highest BCUT2D eigenvalue weighted by atomic mass is 32.2. The van der Waals surface area contributed by atoms with Gasteiger partial charge in [-0.15, -0.1) is 11.8 Å². The zero-order chi connectivity index (χ0) is 22.7. The Morgan fingerprint density at radius 1 is 0.882 bits per heavy atom. The lowest BCUT2D eigenvalue weighted by Gasteiger charge is -2.57. The summed E-state index contributed by atoms with van der Waals surface area (Å²) in [5.74, 6) is 3.75. The molecule has 2 aliphatic heterocycles. The fraction of sp³-hybridized carbons (Fsp3) is 0.448. The molecular formula is C29H31N3OS. The van der Waals surface area contributed by atoms with Crippen LogP contribution >= 0.6 is 11.8 Å². The summed E-state index contributed by atoms with van der Waals surface area (Å²) in [6.07, 6.45) is 8.99. The summed E-state index contributed by atoms with van der Waals surface area (Å²) in [6.45, 7) is 1.42. The SMILES string of the molecule is O=C1C(Cc2ccccc2)=NC2=C(SC34CC5CC(CC(C5)C3)C4)CN(c3ccccc3)CN12. The first-order valence-electron chi connectivity index (χ1n) is 12.8. The molecule has 0 saturated heterocycles. The van der Waals surface area contributed by atoms with Crippen LogP contribution in [-0.4, -0.2) is 34.5 Å². The second kappa shape index (κ2) is 8.01. The Labute approximate surface area is 206 Å². The lowest BCUT2D eigenvalue weighted by molar-refractivity contribution is -0.121. The van der Waals surface area contributed by atoms with Crippen molar-refractivity contribution in [2.24, 2.45) is 22.7 Å². The molecule has 0 atom stereocenters. The number of hydrogen-bond acceptors (Lipinski definition) is 4. The van der Waals surface area contributed by atoms with E-state index >= 15 is 0 Å². The Kier molecular flexibility index (Phi) is 4.90. The van der Waals surface area contributed by atoms with Crippen LogP contribution in [0.2, 0.25) is 0 Å². The maximum atomic E-state index is 13.6. The summed E-state index contributed by atoms with van der Waals surface area (Å²) in [7, 11) is 0. The van der Waals surface area contributed by atoms with Gasteiger partial charge in [-0.2, -0.15) is 0 Å². The molecule has 5 heteroatoms. The van der Waals surface area contributed by atoms with Crippen LogP contribution < -0.4 is 4.90 Å². The number of anilines is 1. The van der Waals surface area contributed by atoms with Crippen LogP contribution in [0.4, 0.5) is 5.69 Å². The summed E-state index contributed by atoms with van der Waals surface area (Å²) in [6, 6.07) is 20.8. The minimum absolute atomic E-state index is 0.0723. The van der Waals surface area contributed by atoms with Crippen LogP contribution in [0.1, 0.15) is 44.1 Å². The molecule has 0 aromatic heterocycles. The van der Waals surface area contributed by atoms with Gasteiger partial charge in [-0.25, -0.2) is 4.99 Å². The minimum Gasteiger partial charge on any atom is -0.348 e. The Bertz CT molecular complexity index is 1140. The standard InChI is InChI=1S/C29H31N3OS/c33-28-25(14-20-7-3-1-4-8-20)30-27-26(18-31(19-32(27)28)24-9-5-2-6-10-24)34-29-15-21-11-22(16-29)13-23(12-21)17-29/h1-10,21-23H,11-19H2. The number of hydrogen-bond donors (Lipinski definition) is 0. The molecule has 2 aromatic carbocycles. The number of aliphatic imine (C=N–C) groups is 1. The average Bonchev–Trinajstić information content (AvgIpc) is 3.15. The van der Waals surface area contributed by atoms with Gasteiger partial charge in [-0.1, -0.05) is 48.5 Å². The summed E-state index contributed by atoms with van der Waals surface area (Å²) in [5, 5.41) is 0. The number of carbonyl (C=O) groups excluding carboxylic acids is 1. The van der Waals surface area contributed by atoms with Gasteiger partial charge in [0, 0.05) is 21.8 Å². The van der Waals surface area contributed by atoms with Crippen LogP contribution in [-0.2, 0) is 11.2 Å². The molecule has 34 heavy (non-hydrogen) atoms. The van der Waals surface area contributed by atoms with Gasteiger partial charge in [0.2, 0.25) is 0 Å². The Balaban J connectivity index is 1.24. The second-order valence-corrected chi connectivity index (χ2v) is 12.6. The number of carbonyl (C=O) groups is 1. The van der Waals surface area contributed by atoms with Crippen LogP contribution in [0.15, 0.2) is 76.4 Å². The molecule has 4 saturated carbocycles. The van der Waals surface area contributed by atoms with E-state index in [9.17, 15) is 4.79 Å². The van der Waals surface area contributed by atoms with E-state index in [1.165, 1.54) is 49.1 Å². The van der Waals surface area contributed by atoms with Crippen molar-refractivity contribution in [2.45, 2.75) is 49.7 Å². The van der Waals surface area contributed by atoms with E-state index in [1.807, 2.05) is 23.1 Å². The third kappa shape index (κ3) is 3.60. The lowest BCUT2D eigenvalue weighted by Crippen LogP contribution is -2.50. The van der Waals surface area contributed by atoms with E-state index in [1.54, 1.807) is 0 Å². The maximum Gasteiger partial charge on any atom is 0.275 e. The van der Waals surface area contributed by atoms with Gasteiger partial charge in [0.25, 0.3) is 5.91 Å². The number of rotatable bonds is 5. The van der Waals surface area contributed by atoms with Crippen molar-refractivity contribution in [3.63, 3.8) is 0 Å². The molecule has 4 nitrogen and oxygen atoms in total. The summed E-state index contributed by atoms with van der Waals surface area (Å²) >= 11 is 2.10. The maximum absolute atomic E-state index is 13.6. The number of para-hydroxylation sites is 1. The van der Waals surface area contributed by atoms with Crippen LogP contribution in [0.3, 0.4) is 0 Å². The van der Waals surface area contributed by atoms with Gasteiger partial charge in [-0.05, 0) is 74.0 Å². The number of benzene rings is 2. The van der Waals surface area contributed by atoms with E-state index in [0.717, 1.165) is 35.7 Å². The molecule has 4 bridgehead atoms. The quantitative estimate of drug-likeness (QED) is 0.550. The van der Waals surface area contributed by atoms with Crippen molar-refractivity contribution < 1.29 is 4.79 Å². The van der Waals surface area contributed by atoms with E-state index < -0.39 is 0 Å². The summed E-state index contributed by atoms with van der Waals surface area (Å²) in [4.78, 5) is 24.2. The Morgan fingerprint density at radius 3 is 2.15 bits per heavy atom. The fourth-order valence-electron chi connectivity index (χ4n) is 7.51. The number of nitrogens with zero attached hydrogens (tertiary/aromatic N) is 3. The van der Waals surface area contributed by atoms with Crippen LogP contribution in [0.25, 0.3) is 0 Å². The Hall–Kier alpha value is -2.53. The van der Waals surface area contributed by atoms with Crippen molar-refractivity contribution in [1.29, 1.82) is 0 Å². The average molecular weight is 470 g/mol. The molecule has 0 radical (unpaired) electrons. The van der Waals surface area contributed by atoms with Crippen molar-refractivity contribution in [2.75, 3.05) is 18.1 Å². The molecule has 0 unspecified atom stereocenters. The highest BCUT2D eigenvalue weighted by Gasteiger charge is 2.52. The van der Waals surface area contributed by atoms with Gasteiger partial charge >= 0.3 is 0 Å². The van der Waals surface area contributed by atoms with E-state index in [0.29, 0.717) is 23.5 Å². The monoisotopic (exact) mass is 469 g/mol. The van der Waals surface area contributed by atoms with Crippen molar-refractivity contribution in [1.82, 2.24) is 4.90 Å². The van der Waals surface area contributed by atoms with Gasteiger partial charge in [0.1, 0.15) is 18.2 Å². The van der Waals surface area contributed by atoms with Gasteiger partial charge in [-0.3, -0.25) is 9.69 Å². The topological polar surface area (TPSA) is 35.9 Å². The largest absolute Gasteiger partial charge is 0.348 e. The third-order valence-corrected chi connectivity index (χ3v) is 10.0. The zero-order valence-corrected chi connectivity index (χ0v) is 20.3. The smallest absolute Gasteiger partial charge is 0.275 e.